The molecule has 8 nitrogen and oxygen atoms in total. The number of pyridine rings is 1. The summed E-state index contributed by atoms with van der Waals surface area (Å²) in [5.74, 6) is -0.181. The number of carbonyl (C=O) groups excluding carboxylic acids is 2. The van der Waals surface area contributed by atoms with Crippen LogP contribution in [-0.4, -0.2) is 73.2 Å². The third kappa shape index (κ3) is 5.39. The maximum absolute atomic E-state index is 12.9. The zero-order valence-corrected chi connectivity index (χ0v) is 19.7. The second-order valence-electron chi connectivity index (χ2n) is 8.83. The Balaban J connectivity index is 1.51. The molecule has 2 aliphatic heterocycles. The highest BCUT2D eigenvalue weighted by molar-refractivity contribution is 5.93. The lowest BCUT2D eigenvalue weighted by atomic mass is 10.1. The van der Waals surface area contributed by atoms with Crippen LogP contribution in [0.3, 0.4) is 0 Å². The topological polar surface area (TPSA) is 81.1 Å². The highest BCUT2D eigenvalue weighted by Gasteiger charge is 2.29. The van der Waals surface area contributed by atoms with Crippen molar-refractivity contribution in [2.24, 2.45) is 5.92 Å². The van der Waals surface area contributed by atoms with Crippen LogP contribution in [0.2, 0.25) is 0 Å². The number of carbonyl (C=O) groups is 2. The number of methoxy groups -OCH3 is 1. The number of benzene rings is 1. The molecule has 0 saturated carbocycles. The Bertz CT molecular complexity index is 1130. The monoisotopic (exact) mass is 465 g/mol. The van der Waals surface area contributed by atoms with Crippen molar-refractivity contribution in [1.82, 2.24) is 14.4 Å². The van der Waals surface area contributed by atoms with Crippen molar-refractivity contribution < 1.29 is 19.1 Å². The first-order valence-corrected chi connectivity index (χ1v) is 11.6. The molecule has 180 valence electrons. The summed E-state index contributed by atoms with van der Waals surface area (Å²) < 4.78 is 12.7. The van der Waals surface area contributed by atoms with E-state index in [1.165, 1.54) is 13.2 Å². The van der Waals surface area contributed by atoms with E-state index in [1.54, 1.807) is 16.5 Å². The van der Waals surface area contributed by atoms with Crippen LogP contribution in [0.25, 0.3) is 6.08 Å². The van der Waals surface area contributed by atoms with Gasteiger partial charge in [0.1, 0.15) is 11.3 Å². The maximum Gasteiger partial charge on any atom is 0.343 e. The molecule has 1 saturated heterocycles. The van der Waals surface area contributed by atoms with Crippen LogP contribution in [-0.2, 0) is 22.5 Å². The van der Waals surface area contributed by atoms with Crippen molar-refractivity contribution in [2.75, 3.05) is 46.9 Å². The van der Waals surface area contributed by atoms with E-state index in [1.807, 2.05) is 18.2 Å². The average molecular weight is 466 g/mol. The number of amides is 1. The van der Waals surface area contributed by atoms with Crippen molar-refractivity contribution >= 4 is 18.0 Å². The van der Waals surface area contributed by atoms with Gasteiger partial charge >= 0.3 is 5.97 Å². The number of fused-ring (bicyclic) bond motifs is 1. The molecule has 0 radical (unpaired) electrons. The Morgan fingerprint density at radius 3 is 2.65 bits per heavy atom. The molecule has 1 fully saturated rings. The van der Waals surface area contributed by atoms with Crippen molar-refractivity contribution in [3.8, 4) is 5.75 Å². The van der Waals surface area contributed by atoms with Crippen LogP contribution in [0.15, 0.2) is 47.3 Å². The third-order valence-electron chi connectivity index (χ3n) is 6.44. The molecule has 8 heteroatoms. The van der Waals surface area contributed by atoms with Gasteiger partial charge in [0.2, 0.25) is 5.91 Å². The Kier molecular flexibility index (Phi) is 7.47. The molecule has 1 atom stereocenters. The van der Waals surface area contributed by atoms with Gasteiger partial charge in [0.15, 0.2) is 0 Å². The molecular formula is C26H31N3O5. The number of likely N-dealkylation sites (tertiary alicyclic amines) is 1. The van der Waals surface area contributed by atoms with Gasteiger partial charge in [-0.1, -0.05) is 42.5 Å². The smallest absolute Gasteiger partial charge is 0.343 e. The first kappa shape index (κ1) is 23.8. The molecule has 0 bridgehead atoms. The SMILES string of the molecule is COC(=O)c1c(OCC2CC(=O)N(C)C2)cc(=O)n2c1CCN(CC=Cc1ccccc1)CC2. The fourth-order valence-corrected chi connectivity index (χ4v) is 4.59. The quantitative estimate of drug-likeness (QED) is 0.583. The van der Waals surface area contributed by atoms with E-state index in [4.69, 9.17) is 9.47 Å². The largest absolute Gasteiger partial charge is 0.492 e. The maximum atomic E-state index is 12.9. The molecule has 2 aliphatic rings. The van der Waals surface area contributed by atoms with Crippen molar-refractivity contribution in [3.05, 3.63) is 69.6 Å². The highest BCUT2D eigenvalue weighted by atomic mass is 16.5. The Hall–Kier alpha value is -3.39. The molecule has 3 heterocycles. The minimum absolute atomic E-state index is 0.0245. The fourth-order valence-electron chi connectivity index (χ4n) is 4.59. The Morgan fingerprint density at radius 2 is 1.94 bits per heavy atom. The summed E-state index contributed by atoms with van der Waals surface area (Å²) in [5, 5.41) is 0. The Morgan fingerprint density at radius 1 is 1.15 bits per heavy atom. The minimum atomic E-state index is -0.518. The predicted octanol–water partition coefficient (Wildman–Crippen LogP) is 2.06. The number of aromatic nitrogens is 1. The van der Waals surface area contributed by atoms with E-state index in [-0.39, 0.29) is 29.7 Å². The summed E-state index contributed by atoms with van der Waals surface area (Å²) in [6, 6.07) is 11.5. The van der Waals surface area contributed by atoms with E-state index >= 15 is 0 Å². The van der Waals surface area contributed by atoms with Crippen LogP contribution < -0.4 is 10.3 Å². The zero-order valence-electron chi connectivity index (χ0n) is 19.7. The van der Waals surface area contributed by atoms with Gasteiger partial charge in [0.05, 0.1) is 13.7 Å². The van der Waals surface area contributed by atoms with E-state index in [0.717, 1.165) is 12.1 Å². The van der Waals surface area contributed by atoms with E-state index in [2.05, 4.69) is 29.2 Å². The van der Waals surface area contributed by atoms with Gasteiger partial charge in [-0.2, -0.15) is 0 Å². The molecule has 1 amide bonds. The predicted molar refractivity (Wildman–Crippen MR) is 129 cm³/mol. The summed E-state index contributed by atoms with van der Waals surface area (Å²) in [7, 11) is 3.09. The molecule has 1 unspecified atom stereocenters. The van der Waals surface area contributed by atoms with Crippen LogP contribution in [0.5, 0.6) is 5.75 Å². The molecule has 2 aromatic rings. The standard InChI is InChI=1S/C26H31N3O5/c1-27-17-20(15-23(27)30)18-34-22-16-24(31)29-14-13-28(11-6-9-19-7-4-3-5-8-19)12-10-21(29)25(22)26(32)33-2/h3-9,16,20H,10-15,17-18H2,1-2H3. The number of rotatable bonds is 7. The fraction of sp³-hybridized carbons (Fsp3) is 0.423. The van der Waals surface area contributed by atoms with Gasteiger partial charge in [-0.05, 0) is 5.56 Å². The zero-order chi connectivity index (χ0) is 24.1. The lowest BCUT2D eigenvalue weighted by Crippen LogP contribution is -2.29. The number of hydrogen-bond donors (Lipinski definition) is 0. The first-order valence-electron chi connectivity index (χ1n) is 11.6. The second-order valence-corrected chi connectivity index (χ2v) is 8.83. The van der Waals surface area contributed by atoms with E-state index < -0.39 is 5.97 Å². The number of nitrogens with zero attached hydrogens (tertiary/aromatic N) is 3. The Labute approximate surface area is 199 Å². The molecule has 0 spiro atoms. The molecule has 0 aliphatic carbocycles. The first-order chi connectivity index (χ1) is 16.5. The molecule has 34 heavy (non-hydrogen) atoms. The third-order valence-corrected chi connectivity index (χ3v) is 6.44. The number of esters is 1. The van der Waals surface area contributed by atoms with Gasteiger partial charge < -0.3 is 18.9 Å². The van der Waals surface area contributed by atoms with Gasteiger partial charge in [0, 0.05) is 70.3 Å². The molecule has 1 aromatic carbocycles. The average Bonchev–Trinajstić information content (AvgIpc) is 3.02. The summed E-state index contributed by atoms with van der Waals surface area (Å²) in [6.45, 7) is 3.50. The van der Waals surface area contributed by atoms with Crippen LogP contribution >= 0.6 is 0 Å². The molecule has 0 N–H and O–H groups in total. The summed E-state index contributed by atoms with van der Waals surface area (Å²) >= 11 is 0. The lowest BCUT2D eigenvalue weighted by molar-refractivity contribution is -0.126. The van der Waals surface area contributed by atoms with Gasteiger partial charge in [0.25, 0.3) is 5.56 Å². The lowest BCUT2D eigenvalue weighted by Gasteiger charge is -2.18. The summed E-state index contributed by atoms with van der Waals surface area (Å²) in [5.41, 5.74) is 1.89. The van der Waals surface area contributed by atoms with Gasteiger partial charge in [-0.3, -0.25) is 14.5 Å². The normalized spacial score (nSPS) is 18.7. The van der Waals surface area contributed by atoms with Crippen molar-refractivity contribution in [2.45, 2.75) is 19.4 Å². The number of hydrogen-bond acceptors (Lipinski definition) is 6. The minimum Gasteiger partial charge on any atom is -0.492 e. The summed E-state index contributed by atoms with van der Waals surface area (Å²) in [6.07, 6.45) is 5.13. The highest BCUT2D eigenvalue weighted by Crippen LogP contribution is 2.26. The molecule has 1 aromatic heterocycles. The van der Waals surface area contributed by atoms with Crippen LogP contribution in [0.1, 0.15) is 28.0 Å². The van der Waals surface area contributed by atoms with Crippen LogP contribution in [0, 0.1) is 5.92 Å². The van der Waals surface area contributed by atoms with E-state index in [0.29, 0.717) is 50.3 Å². The van der Waals surface area contributed by atoms with Crippen molar-refractivity contribution in [1.29, 1.82) is 0 Å². The van der Waals surface area contributed by atoms with E-state index in [9.17, 15) is 14.4 Å². The summed E-state index contributed by atoms with van der Waals surface area (Å²) in [4.78, 5) is 41.4. The molecule has 4 rings (SSSR count). The van der Waals surface area contributed by atoms with Gasteiger partial charge in [-0.15, -0.1) is 0 Å². The molecular weight excluding hydrogens is 434 g/mol. The number of ether oxygens (including phenoxy) is 2. The van der Waals surface area contributed by atoms with Crippen molar-refractivity contribution in [3.63, 3.8) is 0 Å². The van der Waals surface area contributed by atoms with Gasteiger partial charge in [-0.25, -0.2) is 4.79 Å². The second kappa shape index (κ2) is 10.7. The van der Waals surface area contributed by atoms with Crippen LogP contribution in [0.4, 0.5) is 0 Å².